The third kappa shape index (κ3) is 5.09. The number of nitro benzene ring substituents is 1. The molecule has 1 aromatic heterocycles. The third-order valence-electron chi connectivity index (χ3n) is 3.85. The maximum absolute atomic E-state index is 12.9. The summed E-state index contributed by atoms with van der Waals surface area (Å²) in [7, 11) is 3.87. The molecule has 2 aromatic rings. The van der Waals surface area contributed by atoms with Gasteiger partial charge in [-0.15, -0.1) is 0 Å². The van der Waals surface area contributed by atoms with Crippen molar-refractivity contribution in [3.8, 4) is 0 Å². The van der Waals surface area contributed by atoms with Crippen molar-refractivity contribution in [1.82, 2.24) is 14.8 Å². The van der Waals surface area contributed by atoms with E-state index in [4.69, 9.17) is 0 Å². The fourth-order valence-corrected chi connectivity index (χ4v) is 2.41. The molecule has 0 aliphatic rings. The van der Waals surface area contributed by atoms with Crippen LogP contribution >= 0.6 is 0 Å². The number of amides is 1. The van der Waals surface area contributed by atoms with Crippen LogP contribution in [-0.2, 0) is 6.54 Å². The van der Waals surface area contributed by atoms with E-state index in [1.165, 1.54) is 6.07 Å². The lowest BCUT2D eigenvalue weighted by molar-refractivity contribution is -0.385. The first-order valence-electron chi connectivity index (χ1n) is 7.96. The molecule has 0 N–H and O–H groups in total. The number of rotatable bonds is 7. The summed E-state index contributed by atoms with van der Waals surface area (Å²) >= 11 is 0. The van der Waals surface area contributed by atoms with Gasteiger partial charge < -0.3 is 9.80 Å². The van der Waals surface area contributed by atoms with Gasteiger partial charge in [0.05, 0.1) is 4.92 Å². The molecule has 2 rings (SSSR count). The number of carbonyl (C=O) groups is 1. The van der Waals surface area contributed by atoms with Crippen molar-refractivity contribution in [2.45, 2.75) is 13.5 Å². The van der Waals surface area contributed by atoms with Crippen molar-refractivity contribution in [2.75, 3.05) is 27.2 Å². The summed E-state index contributed by atoms with van der Waals surface area (Å²) < 4.78 is 0. The zero-order valence-corrected chi connectivity index (χ0v) is 14.7. The van der Waals surface area contributed by atoms with E-state index in [0.717, 1.165) is 5.56 Å². The SMILES string of the molecule is Cc1ccc(C(=O)N(CCN(C)C)Cc2cccnc2)cc1[N+](=O)[O-]. The minimum absolute atomic E-state index is 0.0419. The number of aromatic nitrogens is 1. The second kappa shape index (κ2) is 8.34. The van der Waals surface area contributed by atoms with E-state index < -0.39 is 4.92 Å². The molecule has 1 aromatic carbocycles. The van der Waals surface area contributed by atoms with Gasteiger partial charge >= 0.3 is 0 Å². The number of likely N-dealkylation sites (N-methyl/N-ethyl adjacent to an activating group) is 1. The molecule has 132 valence electrons. The number of carbonyl (C=O) groups excluding carboxylic acids is 1. The molecule has 1 amide bonds. The van der Waals surface area contributed by atoms with Crippen LogP contribution in [0.25, 0.3) is 0 Å². The maximum Gasteiger partial charge on any atom is 0.273 e. The Bertz CT molecular complexity index is 747. The van der Waals surface area contributed by atoms with Gasteiger partial charge in [-0.25, -0.2) is 0 Å². The molecule has 0 unspecified atom stereocenters. The second-order valence-corrected chi connectivity index (χ2v) is 6.15. The summed E-state index contributed by atoms with van der Waals surface area (Å²) in [4.78, 5) is 31.3. The van der Waals surface area contributed by atoms with Gasteiger partial charge in [0.1, 0.15) is 0 Å². The summed E-state index contributed by atoms with van der Waals surface area (Å²) in [6.07, 6.45) is 3.40. The summed E-state index contributed by atoms with van der Waals surface area (Å²) in [5.41, 5.74) is 1.73. The Morgan fingerprint density at radius 1 is 1.24 bits per heavy atom. The van der Waals surface area contributed by atoms with Crippen LogP contribution in [0.3, 0.4) is 0 Å². The highest BCUT2D eigenvalue weighted by molar-refractivity contribution is 5.95. The predicted octanol–water partition coefficient (Wildman–Crippen LogP) is 2.50. The van der Waals surface area contributed by atoms with Crippen LogP contribution in [0.1, 0.15) is 21.5 Å². The van der Waals surface area contributed by atoms with Crippen LogP contribution in [0.4, 0.5) is 5.69 Å². The zero-order chi connectivity index (χ0) is 18.4. The average molecular weight is 342 g/mol. The topological polar surface area (TPSA) is 79.6 Å². The van der Waals surface area contributed by atoms with Crippen LogP contribution in [0, 0.1) is 17.0 Å². The molecule has 25 heavy (non-hydrogen) atoms. The Kier molecular flexibility index (Phi) is 6.19. The van der Waals surface area contributed by atoms with Gasteiger partial charge in [0.15, 0.2) is 0 Å². The molecule has 0 aliphatic heterocycles. The molecule has 7 heteroatoms. The molecular formula is C18H22N4O3. The first-order valence-corrected chi connectivity index (χ1v) is 7.96. The molecule has 0 atom stereocenters. The lowest BCUT2D eigenvalue weighted by atomic mass is 10.1. The first kappa shape index (κ1) is 18.5. The van der Waals surface area contributed by atoms with Crippen molar-refractivity contribution in [3.63, 3.8) is 0 Å². The lowest BCUT2D eigenvalue weighted by Gasteiger charge is -2.24. The second-order valence-electron chi connectivity index (χ2n) is 6.15. The molecule has 0 saturated heterocycles. The largest absolute Gasteiger partial charge is 0.333 e. The summed E-state index contributed by atoms with van der Waals surface area (Å²) in [6.45, 7) is 3.27. The molecule has 0 aliphatic carbocycles. The molecule has 0 spiro atoms. The lowest BCUT2D eigenvalue weighted by Crippen LogP contribution is -2.36. The van der Waals surface area contributed by atoms with Gasteiger partial charge in [0.25, 0.3) is 11.6 Å². The maximum atomic E-state index is 12.9. The Labute approximate surface area is 147 Å². The van der Waals surface area contributed by atoms with Crippen LogP contribution in [0.2, 0.25) is 0 Å². The minimum Gasteiger partial charge on any atom is -0.333 e. The number of benzene rings is 1. The molecule has 0 saturated carbocycles. The number of nitro groups is 1. The Morgan fingerprint density at radius 2 is 2.00 bits per heavy atom. The number of nitrogens with zero attached hydrogens (tertiary/aromatic N) is 4. The van der Waals surface area contributed by atoms with Gasteiger partial charge in [0, 0.05) is 49.2 Å². The van der Waals surface area contributed by atoms with Crippen molar-refractivity contribution in [2.24, 2.45) is 0 Å². The summed E-state index contributed by atoms with van der Waals surface area (Å²) in [6, 6.07) is 8.32. The molecule has 0 bridgehead atoms. The van der Waals surface area contributed by atoms with E-state index in [1.807, 2.05) is 31.1 Å². The summed E-state index contributed by atoms with van der Waals surface area (Å²) in [5.74, 6) is -0.228. The van der Waals surface area contributed by atoms with Gasteiger partial charge in [0.2, 0.25) is 0 Å². The van der Waals surface area contributed by atoms with Crippen molar-refractivity contribution < 1.29 is 9.72 Å². The van der Waals surface area contributed by atoms with Crippen LogP contribution < -0.4 is 0 Å². The molecule has 1 heterocycles. The third-order valence-corrected chi connectivity index (χ3v) is 3.85. The zero-order valence-electron chi connectivity index (χ0n) is 14.7. The van der Waals surface area contributed by atoms with Gasteiger partial charge in [-0.05, 0) is 38.7 Å². The highest BCUT2D eigenvalue weighted by Gasteiger charge is 2.20. The molecular weight excluding hydrogens is 320 g/mol. The molecule has 0 fully saturated rings. The van der Waals surface area contributed by atoms with E-state index in [-0.39, 0.29) is 11.6 Å². The Hall–Kier alpha value is -2.80. The number of pyridine rings is 1. The average Bonchev–Trinajstić information content (AvgIpc) is 2.59. The van der Waals surface area contributed by atoms with Gasteiger partial charge in [-0.3, -0.25) is 19.9 Å². The van der Waals surface area contributed by atoms with Crippen molar-refractivity contribution in [1.29, 1.82) is 0 Å². The Morgan fingerprint density at radius 3 is 2.60 bits per heavy atom. The fraction of sp³-hybridized carbons (Fsp3) is 0.333. The minimum atomic E-state index is -0.461. The van der Waals surface area contributed by atoms with Crippen LogP contribution in [0.5, 0.6) is 0 Å². The van der Waals surface area contributed by atoms with Gasteiger partial charge in [-0.2, -0.15) is 0 Å². The summed E-state index contributed by atoms with van der Waals surface area (Å²) in [5, 5.41) is 11.1. The standard InChI is InChI=1S/C18H22N4O3/c1-14-6-7-16(11-17(14)22(24)25)18(23)21(10-9-20(2)3)13-15-5-4-8-19-12-15/h4-8,11-12H,9-10,13H2,1-3H3. The van der Waals surface area contributed by atoms with E-state index in [2.05, 4.69) is 4.98 Å². The molecule has 7 nitrogen and oxygen atoms in total. The smallest absolute Gasteiger partial charge is 0.273 e. The fourth-order valence-electron chi connectivity index (χ4n) is 2.41. The van der Waals surface area contributed by atoms with Crippen molar-refractivity contribution in [3.05, 3.63) is 69.5 Å². The van der Waals surface area contributed by atoms with E-state index in [1.54, 1.807) is 36.4 Å². The van der Waals surface area contributed by atoms with Crippen LogP contribution in [0.15, 0.2) is 42.7 Å². The number of hydrogen-bond acceptors (Lipinski definition) is 5. The normalized spacial score (nSPS) is 10.7. The quantitative estimate of drug-likeness (QED) is 0.570. The van der Waals surface area contributed by atoms with E-state index >= 15 is 0 Å². The van der Waals surface area contributed by atoms with Crippen LogP contribution in [-0.4, -0.2) is 52.8 Å². The first-order chi connectivity index (χ1) is 11.9. The highest BCUT2D eigenvalue weighted by Crippen LogP contribution is 2.21. The number of aryl methyl sites for hydroxylation is 1. The Balaban J connectivity index is 2.27. The molecule has 0 radical (unpaired) electrons. The number of hydrogen-bond donors (Lipinski definition) is 0. The van der Waals surface area contributed by atoms with Gasteiger partial charge in [-0.1, -0.05) is 12.1 Å². The van der Waals surface area contributed by atoms with Crippen molar-refractivity contribution >= 4 is 11.6 Å². The monoisotopic (exact) mass is 342 g/mol. The van der Waals surface area contributed by atoms with E-state index in [0.29, 0.717) is 30.8 Å². The highest BCUT2D eigenvalue weighted by atomic mass is 16.6. The van der Waals surface area contributed by atoms with E-state index in [9.17, 15) is 14.9 Å². The predicted molar refractivity (Wildman–Crippen MR) is 95.4 cm³/mol.